The van der Waals surface area contributed by atoms with Gasteiger partial charge in [0.15, 0.2) is 0 Å². The third-order valence-electron chi connectivity index (χ3n) is 3.16. The molecule has 4 heteroatoms. The summed E-state index contributed by atoms with van der Waals surface area (Å²) in [6, 6.07) is 6.32. The summed E-state index contributed by atoms with van der Waals surface area (Å²) in [7, 11) is 0. The number of phenols is 1. The third-order valence-corrected chi connectivity index (χ3v) is 3.16. The van der Waals surface area contributed by atoms with Crippen LogP contribution < -0.4 is 0 Å². The van der Waals surface area contributed by atoms with Crippen LogP contribution in [-0.2, 0) is 9.53 Å². The molecule has 0 heterocycles. The highest BCUT2D eigenvalue weighted by molar-refractivity contribution is 5.89. The van der Waals surface area contributed by atoms with Crippen molar-refractivity contribution in [1.29, 1.82) is 0 Å². The lowest BCUT2D eigenvalue weighted by Gasteiger charge is -2.07. The molecule has 0 fully saturated rings. The van der Waals surface area contributed by atoms with Crippen LogP contribution in [0.5, 0.6) is 5.75 Å². The van der Waals surface area contributed by atoms with Crippen molar-refractivity contribution in [3.8, 4) is 5.75 Å². The number of carboxylic acids is 1. The molecule has 0 atom stereocenters. The summed E-state index contributed by atoms with van der Waals surface area (Å²) in [5.41, 5.74) is 0.688. The molecule has 0 saturated heterocycles. The average Bonchev–Trinajstić information content (AvgIpc) is 2.47. The van der Waals surface area contributed by atoms with Crippen LogP contribution >= 0.6 is 0 Å². The summed E-state index contributed by atoms with van der Waals surface area (Å²) in [4.78, 5) is 11.1. The van der Waals surface area contributed by atoms with Crippen LogP contribution in [0.1, 0.15) is 51.0 Å². The van der Waals surface area contributed by atoms with E-state index in [4.69, 9.17) is 9.84 Å². The molecule has 4 nitrogen and oxygen atoms in total. The fourth-order valence-electron chi connectivity index (χ4n) is 1.95. The molecule has 0 aromatic heterocycles. The van der Waals surface area contributed by atoms with Crippen LogP contribution in [0.4, 0.5) is 0 Å². The van der Waals surface area contributed by atoms with Gasteiger partial charge in [-0.05, 0) is 30.2 Å². The topological polar surface area (TPSA) is 66.8 Å². The van der Waals surface area contributed by atoms with Gasteiger partial charge in [0.05, 0.1) is 6.61 Å². The lowest BCUT2D eigenvalue weighted by molar-refractivity contribution is -0.136. The molecule has 0 aliphatic carbocycles. The predicted molar refractivity (Wildman–Crippen MR) is 83.0 cm³/mol. The van der Waals surface area contributed by atoms with E-state index >= 15 is 0 Å². The van der Waals surface area contributed by atoms with Crippen molar-refractivity contribution in [2.75, 3.05) is 6.61 Å². The molecule has 2 N–H and O–H groups in total. The van der Waals surface area contributed by atoms with Crippen LogP contribution in [0.25, 0.3) is 6.08 Å². The number of phenolic OH excluding ortho intramolecular Hbond substituents is 1. The summed E-state index contributed by atoms with van der Waals surface area (Å²) in [5, 5.41) is 18.3. The first kappa shape index (κ1) is 17.1. The first-order chi connectivity index (χ1) is 10.1. The van der Waals surface area contributed by atoms with E-state index in [0.717, 1.165) is 12.8 Å². The molecule has 0 bridgehead atoms. The van der Waals surface area contributed by atoms with Gasteiger partial charge >= 0.3 is 5.97 Å². The Kier molecular flexibility index (Phi) is 8.02. The van der Waals surface area contributed by atoms with Crippen molar-refractivity contribution >= 4 is 12.0 Å². The fourth-order valence-corrected chi connectivity index (χ4v) is 1.95. The quantitative estimate of drug-likeness (QED) is 0.385. The number of unbranched alkanes of at least 4 members (excludes halogenated alkanes) is 5. The Labute approximate surface area is 126 Å². The second kappa shape index (κ2) is 9.86. The van der Waals surface area contributed by atoms with E-state index < -0.39 is 5.97 Å². The van der Waals surface area contributed by atoms with Gasteiger partial charge in [-0.3, -0.25) is 0 Å². The number of carbonyl (C=O) groups is 1. The van der Waals surface area contributed by atoms with Gasteiger partial charge in [0.1, 0.15) is 5.75 Å². The number of aromatic hydroxyl groups is 1. The highest BCUT2D eigenvalue weighted by Crippen LogP contribution is 2.14. The summed E-state index contributed by atoms with van der Waals surface area (Å²) >= 11 is 0. The minimum absolute atomic E-state index is 0.0609. The van der Waals surface area contributed by atoms with E-state index in [0.29, 0.717) is 12.2 Å². The minimum atomic E-state index is -1.07. The van der Waals surface area contributed by atoms with Gasteiger partial charge in [-0.2, -0.15) is 0 Å². The molecular formula is C17H24O4. The summed E-state index contributed by atoms with van der Waals surface area (Å²) in [6.07, 6.45) is 8.26. The summed E-state index contributed by atoms with van der Waals surface area (Å²) < 4.78 is 5.34. The van der Waals surface area contributed by atoms with Crippen LogP contribution in [0.15, 0.2) is 30.0 Å². The largest absolute Gasteiger partial charge is 0.508 e. The van der Waals surface area contributed by atoms with Crippen molar-refractivity contribution in [3.63, 3.8) is 0 Å². The average molecular weight is 292 g/mol. The third kappa shape index (κ3) is 7.40. The Balaban J connectivity index is 2.40. The van der Waals surface area contributed by atoms with Crippen molar-refractivity contribution < 1.29 is 19.7 Å². The second-order valence-corrected chi connectivity index (χ2v) is 5.02. The van der Waals surface area contributed by atoms with Crippen LogP contribution in [0.2, 0.25) is 0 Å². The molecule has 0 saturated carbocycles. The molecule has 21 heavy (non-hydrogen) atoms. The predicted octanol–water partition coefficient (Wildman–Crippen LogP) is 4.19. The normalized spacial score (nSPS) is 11.4. The van der Waals surface area contributed by atoms with E-state index in [2.05, 4.69) is 6.92 Å². The smallest absolute Gasteiger partial charge is 0.371 e. The molecule has 116 valence electrons. The van der Waals surface area contributed by atoms with Crippen molar-refractivity contribution in [2.24, 2.45) is 0 Å². The molecule has 0 radical (unpaired) electrons. The molecule has 1 aromatic carbocycles. The summed E-state index contributed by atoms with van der Waals surface area (Å²) in [6.45, 7) is 2.60. The fraction of sp³-hybridized carbons (Fsp3) is 0.471. The van der Waals surface area contributed by atoms with Gasteiger partial charge in [-0.1, -0.05) is 51.2 Å². The Morgan fingerprint density at radius 1 is 1.10 bits per heavy atom. The SMILES string of the molecule is CCCCCCCCOC(=Cc1ccc(O)cc1)C(=O)O. The van der Waals surface area contributed by atoms with Gasteiger partial charge in [-0.25, -0.2) is 4.79 Å². The van der Waals surface area contributed by atoms with Crippen LogP contribution in [0.3, 0.4) is 0 Å². The van der Waals surface area contributed by atoms with Crippen molar-refractivity contribution in [1.82, 2.24) is 0 Å². The molecule has 1 rings (SSSR count). The highest BCUT2D eigenvalue weighted by atomic mass is 16.5. The molecule has 0 aliphatic rings. The molecule has 0 aliphatic heterocycles. The number of aliphatic carboxylic acids is 1. The number of hydrogen-bond donors (Lipinski definition) is 2. The first-order valence-corrected chi connectivity index (χ1v) is 7.50. The number of rotatable bonds is 10. The zero-order chi connectivity index (χ0) is 15.5. The highest BCUT2D eigenvalue weighted by Gasteiger charge is 2.08. The minimum Gasteiger partial charge on any atom is -0.508 e. The zero-order valence-electron chi connectivity index (χ0n) is 12.5. The summed E-state index contributed by atoms with van der Waals surface area (Å²) in [5.74, 6) is -0.986. The van der Waals surface area contributed by atoms with E-state index in [-0.39, 0.29) is 11.5 Å². The Hall–Kier alpha value is -1.97. The van der Waals surface area contributed by atoms with Gasteiger partial charge in [-0.15, -0.1) is 0 Å². The van der Waals surface area contributed by atoms with Gasteiger partial charge in [0.2, 0.25) is 5.76 Å². The maximum Gasteiger partial charge on any atom is 0.371 e. The maximum atomic E-state index is 11.1. The first-order valence-electron chi connectivity index (χ1n) is 7.50. The molecule has 0 unspecified atom stereocenters. The van der Waals surface area contributed by atoms with E-state index in [9.17, 15) is 9.90 Å². The second-order valence-electron chi connectivity index (χ2n) is 5.02. The van der Waals surface area contributed by atoms with Gasteiger partial charge in [0.25, 0.3) is 0 Å². The molecular weight excluding hydrogens is 268 g/mol. The molecule has 1 aromatic rings. The Bertz CT molecular complexity index is 448. The maximum absolute atomic E-state index is 11.1. The van der Waals surface area contributed by atoms with Crippen LogP contribution in [-0.4, -0.2) is 22.8 Å². The van der Waals surface area contributed by atoms with Crippen molar-refractivity contribution in [3.05, 3.63) is 35.6 Å². The van der Waals surface area contributed by atoms with Crippen molar-refractivity contribution in [2.45, 2.75) is 45.4 Å². The lowest BCUT2D eigenvalue weighted by atomic mass is 10.1. The number of carboxylic acid groups (broad SMARTS) is 1. The monoisotopic (exact) mass is 292 g/mol. The lowest BCUT2D eigenvalue weighted by Crippen LogP contribution is -2.06. The number of hydrogen-bond acceptors (Lipinski definition) is 3. The zero-order valence-corrected chi connectivity index (χ0v) is 12.5. The van der Waals surface area contributed by atoms with E-state index in [1.54, 1.807) is 12.1 Å². The molecule has 0 amide bonds. The Morgan fingerprint density at radius 3 is 2.33 bits per heavy atom. The van der Waals surface area contributed by atoms with E-state index in [1.165, 1.54) is 43.9 Å². The van der Waals surface area contributed by atoms with Gasteiger partial charge in [0, 0.05) is 0 Å². The van der Waals surface area contributed by atoms with E-state index in [1.807, 2.05) is 0 Å². The number of benzene rings is 1. The van der Waals surface area contributed by atoms with Gasteiger partial charge < -0.3 is 14.9 Å². The van der Waals surface area contributed by atoms with Crippen LogP contribution in [0, 0.1) is 0 Å². The Morgan fingerprint density at radius 2 is 1.71 bits per heavy atom. The number of ether oxygens (including phenoxy) is 1. The molecule has 0 spiro atoms. The standard InChI is InChI=1S/C17H24O4/c1-2-3-4-5-6-7-12-21-16(17(19)20)13-14-8-10-15(18)11-9-14/h8-11,13,18H,2-7,12H2,1H3,(H,19,20).